The van der Waals surface area contributed by atoms with Crippen LogP contribution in [0.4, 0.5) is 0 Å². The lowest BCUT2D eigenvalue weighted by molar-refractivity contribution is 0.104. The number of carbonyl (C=O) groups excluding carboxylic acids is 1. The number of H-pyrrole nitrogens is 1. The van der Waals surface area contributed by atoms with Crippen molar-refractivity contribution in [2.45, 2.75) is 0 Å². The van der Waals surface area contributed by atoms with Crippen LogP contribution in [0.25, 0.3) is 28.1 Å². The Labute approximate surface area is 193 Å². The fourth-order valence-corrected chi connectivity index (χ4v) is 3.98. The van der Waals surface area contributed by atoms with Crippen LogP contribution in [0.2, 0.25) is 0 Å². The summed E-state index contributed by atoms with van der Waals surface area (Å²) in [6.45, 7) is 0. The van der Waals surface area contributed by atoms with Gasteiger partial charge in [-0.15, -0.1) is 0 Å². The Morgan fingerprint density at radius 1 is 0.938 bits per heavy atom. The molecule has 5 nitrogen and oxygen atoms in total. The van der Waals surface area contributed by atoms with Gasteiger partial charge in [0.25, 0.3) is 5.56 Å². The molecule has 0 atom stereocenters. The molecule has 6 heteroatoms. The number of pyridine rings is 1. The van der Waals surface area contributed by atoms with Gasteiger partial charge >= 0.3 is 0 Å². The van der Waals surface area contributed by atoms with Crippen molar-refractivity contribution >= 4 is 38.7 Å². The van der Waals surface area contributed by atoms with E-state index in [1.807, 2.05) is 54.6 Å². The Morgan fingerprint density at radius 2 is 1.69 bits per heavy atom. The molecule has 0 unspecified atom stereocenters. The molecular formula is C26H20BrNO4. The molecule has 0 saturated heterocycles. The molecule has 0 bridgehead atoms. The molecule has 0 saturated carbocycles. The summed E-state index contributed by atoms with van der Waals surface area (Å²) in [5.74, 6) is 0.765. The van der Waals surface area contributed by atoms with Gasteiger partial charge in [0.05, 0.1) is 19.8 Å². The van der Waals surface area contributed by atoms with E-state index in [1.54, 1.807) is 32.4 Å². The Kier molecular flexibility index (Phi) is 6.23. The first-order chi connectivity index (χ1) is 15.5. The number of nitrogens with one attached hydrogen (secondary N) is 1. The highest BCUT2D eigenvalue weighted by Crippen LogP contribution is 2.32. The number of aromatic amines is 1. The number of ketones is 1. The van der Waals surface area contributed by atoms with E-state index >= 15 is 0 Å². The van der Waals surface area contributed by atoms with Gasteiger partial charge in [0.1, 0.15) is 0 Å². The van der Waals surface area contributed by atoms with E-state index in [1.165, 1.54) is 6.08 Å². The lowest BCUT2D eigenvalue weighted by Gasteiger charge is -2.12. The Bertz CT molecular complexity index is 1390. The minimum absolute atomic E-state index is 0.0959. The second-order valence-corrected chi connectivity index (χ2v) is 7.99. The van der Waals surface area contributed by atoms with Crippen LogP contribution >= 0.6 is 15.9 Å². The fraction of sp³-hybridized carbons (Fsp3) is 0.0769. The molecule has 0 amide bonds. The van der Waals surface area contributed by atoms with Crippen molar-refractivity contribution in [2.75, 3.05) is 14.2 Å². The van der Waals surface area contributed by atoms with Crippen molar-refractivity contribution in [3.8, 4) is 22.6 Å². The van der Waals surface area contributed by atoms with Gasteiger partial charge in [-0.05, 0) is 47.5 Å². The topological polar surface area (TPSA) is 68.4 Å². The molecule has 0 aliphatic heterocycles. The van der Waals surface area contributed by atoms with Gasteiger partial charge in [-0.2, -0.15) is 0 Å². The van der Waals surface area contributed by atoms with Gasteiger partial charge in [-0.3, -0.25) is 9.59 Å². The minimum atomic E-state index is -0.430. The maximum atomic E-state index is 13.3. The predicted molar refractivity (Wildman–Crippen MR) is 131 cm³/mol. The van der Waals surface area contributed by atoms with Crippen LogP contribution in [-0.4, -0.2) is 25.0 Å². The number of rotatable bonds is 6. The molecule has 160 valence electrons. The molecule has 0 aliphatic rings. The number of halogens is 1. The molecule has 0 spiro atoms. The summed E-state index contributed by atoms with van der Waals surface area (Å²) in [6.07, 6.45) is 3.06. The number of ether oxygens (including phenoxy) is 2. The number of carbonyl (C=O) groups is 1. The van der Waals surface area contributed by atoms with Gasteiger partial charge in [-0.1, -0.05) is 58.4 Å². The molecule has 0 radical (unpaired) electrons. The SMILES string of the molecule is COc1ccc(C=CC(=O)c2c(-c3ccccc3)c3cc(Br)ccc3[nH]c2=O)cc1OC. The van der Waals surface area contributed by atoms with E-state index in [9.17, 15) is 9.59 Å². The molecule has 3 aromatic carbocycles. The number of allylic oxidation sites excluding steroid dienone is 1. The Morgan fingerprint density at radius 3 is 2.41 bits per heavy atom. The van der Waals surface area contributed by atoms with Crippen molar-refractivity contribution in [2.24, 2.45) is 0 Å². The molecular weight excluding hydrogens is 470 g/mol. The zero-order chi connectivity index (χ0) is 22.7. The fourth-order valence-electron chi connectivity index (χ4n) is 3.62. The quantitative estimate of drug-likeness (QED) is 0.271. The predicted octanol–water partition coefficient (Wildman–Crippen LogP) is 5.87. The van der Waals surface area contributed by atoms with Crippen molar-refractivity contribution in [3.63, 3.8) is 0 Å². The second-order valence-electron chi connectivity index (χ2n) is 7.07. The average Bonchev–Trinajstić information content (AvgIpc) is 2.82. The number of benzene rings is 3. The van der Waals surface area contributed by atoms with Crippen molar-refractivity contribution in [3.05, 3.63) is 98.8 Å². The number of methoxy groups -OCH3 is 2. The minimum Gasteiger partial charge on any atom is -0.493 e. The highest BCUT2D eigenvalue weighted by atomic mass is 79.9. The maximum absolute atomic E-state index is 13.3. The largest absolute Gasteiger partial charge is 0.493 e. The highest BCUT2D eigenvalue weighted by Gasteiger charge is 2.19. The molecule has 0 aliphatic carbocycles. The molecule has 1 N–H and O–H groups in total. The standard InChI is InChI=1S/C26H20BrNO4/c1-31-22-13-9-16(14-23(22)32-2)8-12-21(29)25-24(17-6-4-3-5-7-17)19-15-18(27)10-11-20(19)28-26(25)30/h3-15H,1-2H3,(H,28,30). The van der Waals surface area contributed by atoms with E-state index in [0.717, 1.165) is 21.0 Å². The lowest BCUT2D eigenvalue weighted by atomic mass is 9.94. The van der Waals surface area contributed by atoms with Gasteiger partial charge in [0, 0.05) is 20.9 Å². The van der Waals surface area contributed by atoms with Crippen LogP contribution < -0.4 is 15.0 Å². The summed E-state index contributed by atoms with van der Waals surface area (Å²) in [6, 6.07) is 20.4. The van der Waals surface area contributed by atoms with E-state index in [0.29, 0.717) is 22.6 Å². The molecule has 4 rings (SSSR count). The van der Waals surface area contributed by atoms with E-state index in [-0.39, 0.29) is 11.3 Å². The molecule has 0 fully saturated rings. The summed E-state index contributed by atoms with van der Waals surface area (Å²) in [5.41, 5.74) is 2.48. The van der Waals surface area contributed by atoms with Gasteiger partial charge in [-0.25, -0.2) is 0 Å². The van der Waals surface area contributed by atoms with E-state index in [2.05, 4.69) is 20.9 Å². The van der Waals surface area contributed by atoms with Crippen LogP contribution in [0.3, 0.4) is 0 Å². The number of hydrogen-bond donors (Lipinski definition) is 1. The summed E-state index contributed by atoms with van der Waals surface area (Å²) >= 11 is 3.49. The Balaban J connectivity index is 1.85. The van der Waals surface area contributed by atoms with Gasteiger partial charge in [0.2, 0.25) is 0 Å². The first-order valence-electron chi connectivity index (χ1n) is 9.87. The van der Waals surface area contributed by atoms with E-state index < -0.39 is 5.56 Å². The third-order valence-electron chi connectivity index (χ3n) is 5.12. The number of aromatic nitrogens is 1. The lowest BCUT2D eigenvalue weighted by Crippen LogP contribution is -2.18. The third-order valence-corrected chi connectivity index (χ3v) is 5.61. The summed E-state index contributed by atoms with van der Waals surface area (Å²) < 4.78 is 11.4. The monoisotopic (exact) mass is 489 g/mol. The number of fused-ring (bicyclic) bond motifs is 1. The zero-order valence-electron chi connectivity index (χ0n) is 17.5. The second kappa shape index (κ2) is 9.24. The van der Waals surface area contributed by atoms with Crippen LogP contribution in [0.1, 0.15) is 15.9 Å². The molecule has 1 heterocycles. The van der Waals surface area contributed by atoms with Crippen LogP contribution in [0, 0.1) is 0 Å². The van der Waals surface area contributed by atoms with Crippen molar-refractivity contribution < 1.29 is 14.3 Å². The normalized spacial score (nSPS) is 11.1. The zero-order valence-corrected chi connectivity index (χ0v) is 19.1. The molecule has 32 heavy (non-hydrogen) atoms. The van der Waals surface area contributed by atoms with Gasteiger partial charge < -0.3 is 14.5 Å². The van der Waals surface area contributed by atoms with Crippen LogP contribution in [0.15, 0.2) is 82.1 Å². The molecule has 1 aromatic heterocycles. The Hall–Kier alpha value is -3.64. The van der Waals surface area contributed by atoms with Crippen molar-refractivity contribution in [1.82, 2.24) is 4.98 Å². The maximum Gasteiger partial charge on any atom is 0.260 e. The summed E-state index contributed by atoms with van der Waals surface area (Å²) in [4.78, 5) is 29.1. The first-order valence-corrected chi connectivity index (χ1v) is 10.7. The highest BCUT2D eigenvalue weighted by molar-refractivity contribution is 9.10. The van der Waals surface area contributed by atoms with Gasteiger partial charge in [0.15, 0.2) is 17.3 Å². The number of hydrogen-bond acceptors (Lipinski definition) is 4. The summed E-state index contributed by atoms with van der Waals surface area (Å²) in [7, 11) is 3.11. The average molecular weight is 490 g/mol. The molecule has 4 aromatic rings. The summed E-state index contributed by atoms with van der Waals surface area (Å²) in [5, 5.41) is 0.785. The van der Waals surface area contributed by atoms with Crippen molar-refractivity contribution in [1.29, 1.82) is 0 Å². The van der Waals surface area contributed by atoms with Crippen LogP contribution in [0.5, 0.6) is 11.5 Å². The van der Waals surface area contributed by atoms with E-state index in [4.69, 9.17) is 9.47 Å². The first kappa shape index (κ1) is 21.6. The van der Waals surface area contributed by atoms with Crippen LogP contribution in [-0.2, 0) is 0 Å². The third kappa shape index (κ3) is 4.22. The smallest absolute Gasteiger partial charge is 0.260 e.